The lowest BCUT2D eigenvalue weighted by Gasteiger charge is -2.19. The van der Waals surface area contributed by atoms with Crippen LogP contribution < -0.4 is 0 Å². The third-order valence-electron chi connectivity index (χ3n) is 2.54. The molecule has 0 atom stereocenters. The molecule has 0 saturated heterocycles. The van der Waals surface area contributed by atoms with Crippen LogP contribution in [0.4, 0.5) is 0 Å². The zero-order chi connectivity index (χ0) is 15.4. The molecule has 0 spiro atoms. The Morgan fingerprint density at radius 1 is 1.05 bits per heavy atom. The Morgan fingerprint density at radius 2 is 1.55 bits per heavy atom. The normalized spacial score (nSPS) is 12.7. The molecule has 0 aliphatic rings. The van der Waals surface area contributed by atoms with Crippen LogP contribution in [0, 0.1) is 0 Å². The molecule has 0 bridgehead atoms. The van der Waals surface area contributed by atoms with Gasteiger partial charge in [0.25, 0.3) is 0 Å². The predicted molar refractivity (Wildman–Crippen MR) is 81.7 cm³/mol. The fraction of sp³-hybridized carbons (Fsp3) is 0.786. The maximum absolute atomic E-state index is 11.0. The number of rotatable bonds is 12. The molecule has 0 fully saturated rings. The van der Waals surface area contributed by atoms with E-state index in [1.807, 2.05) is 6.92 Å². The van der Waals surface area contributed by atoms with Gasteiger partial charge in [0.05, 0.1) is 25.4 Å². The highest BCUT2D eigenvalue weighted by Gasteiger charge is 2.43. The number of hydrogen-bond acceptors (Lipinski definition) is 4. The lowest BCUT2D eigenvalue weighted by molar-refractivity contribution is -0.132. The highest BCUT2D eigenvalue weighted by Crippen LogP contribution is 2.64. The van der Waals surface area contributed by atoms with Crippen molar-refractivity contribution in [3.05, 3.63) is 11.4 Å². The molecule has 0 saturated carbocycles. The first-order valence-corrected chi connectivity index (χ1v) is 8.87. The van der Waals surface area contributed by atoms with Gasteiger partial charge in [-0.05, 0) is 26.7 Å². The Bertz CT molecular complexity index is 294. The van der Waals surface area contributed by atoms with Crippen LogP contribution in [0.5, 0.6) is 0 Å². The number of carbonyl (C=O) groups is 1. The van der Waals surface area contributed by atoms with E-state index in [4.69, 9.17) is 18.7 Å². The second kappa shape index (κ2) is 11.2. The van der Waals surface area contributed by atoms with E-state index in [1.54, 1.807) is 0 Å². The van der Waals surface area contributed by atoms with Gasteiger partial charge in [-0.1, -0.05) is 26.7 Å². The summed E-state index contributed by atoms with van der Waals surface area (Å²) in [5.74, 6) is 0.539. The van der Waals surface area contributed by atoms with Crippen LogP contribution in [-0.4, -0.2) is 30.9 Å². The molecule has 0 aromatic heterocycles. The third kappa shape index (κ3) is 7.95. The standard InChI is InChI=1S/C14H27O5P/c1-5-8-10-18-20(17-7-3,19-11-9-6-2)12-13(4)14(15)16/h12H,5-11H2,1-4H3/p+1. The summed E-state index contributed by atoms with van der Waals surface area (Å²) in [4.78, 5) is 11.0. The maximum atomic E-state index is 11.0. The molecule has 0 unspecified atom stereocenters. The van der Waals surface area contributed by atoms with E-state index >= 15 is 0 Å². The summed E-state index contributed by atoms with van der Waals surface area (Å²) < 4.78 is 17.3. The van der Waals surface area contributed by atoms with E-state index in [0.29, 0.717) is 19.8 Å². The number of hydrogen-bond donors (Lipinski definition) is 1. The van der Waals surface area contributed by atoms with Gasteiger partial charge in [-0.2, -0.15) is 13.6 Å². The van der Waals surface area contributed by atoms with Crippen molar-refractivity contribution in [2.45, 2.75) is 53.4 Å². The summed E-state index contributed by atoms with van der Waals surface area (Å²) in [6.07, 6.45) is 3.79. The van der Waals surface area contributed by atoms with E-state index < -0.39 is 13.9 Å². The van der Waals surface area contributed by atoms with Crippen molar-refractivity contribution < 1.29 is 23.5 Å². The summed E-state index contributed by atoms with van der Waals surface area (Å²) in [7, 11) is -2.71. The lowest BCUT2D eigenvalue weighted by atomic mass is 10.4. The van der Waals surface area contributed by atoms with Crippen molar-refractivity contribution in [3.63, 3.8) is 0 Å². The smallest absolute Gasteiger partial charge is 0.441 e. The molecule has 0 radical (unpaired) electrons. The first-order valence-electron chi connectivity index (χ1n) is 7.26. The second-order valence-electron chi connectivity index (χ2n) is 4.45. The molecule has 0 aromatic carbocycles. The van der Waals surface area contributed by atoms with Gasteiger partial charge >= 0.3 is 13.9 Å². The van der Waals surface area contributed by atoms with Gasteiger partial charge in [-0.15, -0.1) is 0 Å². The zero-order valence-corrected chi connectivity index (χ0v) is 13.9. The monoisotopic (exact) mass is 307 g/mol. The Balaban J connectivity index is 4.98. The van der Waals surface area contributed by atoms with Crippen molar-refractivity contribution in [1.29, 1.82) is 0 Å². The van der Waals surface area contributed by atoms with Crippen molar-refractivity contribution in [2.75, 3.05) is 19.8 Å². The van der Waals surface area contributed by atoms with Crippen molar-refractivity contribution in [1.82, 2.24) is 0 Å². The Morgan fingerprint density at radius 3 is 1.90 bits per heavy atom. The number of carboxylic acid groups (broad SMARTS) is 1. The minimum absolute atomic E-state index is 0.194. The van der Waals surface area contributed by atoms with Crippen molar-refractivity contribution >= 4 is 13.9 Å². The van der Waals surface area contributed by atoms with Gasteiger partial charge in [-0.25, -0.2) is 4.79 Å². The highest BCUT2D eigenvalue weighted by atomic mass is 31.2. The average molecular weight is 307 g/mol. The van der Waals surface area contributed by atoms with Crippen LogP contribution in [0.25, 0.3) is 0 Å². The summed E-state index contributed by atoms with van der Waals surface area (Å²) in [6, 6.07) is 0. The van der Waals surface area contributed by atoms with Crippen LogP contribution >= 0.6 is 7.94 Å². The SMILES string of the molecule is CCCCO[P+](C=C(C)C(=O)O)(OCC)OCCCC. The van der Waals surface area contributed by atoms with Crippen LogP contribution in [0.2, 0.25) is 0 Å². The second-order valence-corrected chi connectivity index (χ2v) is 6.56. The van der Waals surface area contributed by atoms with Gasteiger partial charge < -0.3 is 5.11 Å². The number of aliphatic carboxylic acids is 1. The Kier molecular flexibility index (Phi) is 10.9. The number of carboxylic acids is 1. The van der Waals surface area contributed by atoms with Crippen molar-refractivity contribution in [3.8, 4) is 0 Å². The Hall–Kier alpha value is -0.480. The van der Waals surface area contributed by atoms with Gasteiger partial charge in [0.2, 0.25) is 0 Å². The molecule has 20 heavy (non-hydrogen) atoms. The summed E-state index contributed by atoms with van der Waals surface area (Å²) in [5, 5.41) is 9.04. The molecule has 0 heterocycles. The van der Waals surface area contributed by atoms with E-state index in [2.05, 4.69) is 13.8 Å². The van der Waals surface area contributed by atoms with Gasteiger partial charge in [-0.3, -0.25) is 0 Å². The molecule has 0 aliphatic carbocycles. The van der Waals surface area contributed by atoms with Gasteiger partial charge in [0.1, 0.15) is 0 Å². The maximum Gasteiger partial charge on any atom is 0.441 e. The summed E-state index contributed by atoms with van der Waals surface area (Å²) >= 11 is 0. The molecule has 118 valence electrons. The first kappa shape index (κ1) is 19.5. The molecule has 1 N–H and O–H groups in total. The quantitative estimate of drug-likeness (QED) is 0.329. The van der Waals surface area contributed by atoms with Gasteiger partial charge in [0.15, 0.2) is 5.82 Å². The zero-order valence-electron chi connectivity index (χ0n) is 13.1. The third-order valence-corrected chi connectivity index (χ3v) is 4.94. The van der Waals surface area contributed by atoms with Gasteiger partial charge in [0, 0.05) is 0 Å². The minimum Gasteiger partial charge on any atom is -0.478 e. The van der Waals surface area contributed by atoms with Crippen LogP contribution in [-0.2, 0) is 18.4 Å². The number of unbranched alkanes of at least 4 members (excludes halogenated alkanes) is 2. The summed E-state index contributed by atoms with van der Waals surface area (Å²) in [6.45, 7) is 8.98. The average Bonchev–Trinajstić information content (AvgIpc) is 2.39. The van der Waals surface area contributed by atoms with Crippen LogP contribution in [0.3, 0.4) is 0 Å². The molecule has 0 aliphatic heterocycles. The van der Waals surface area contributed by atoms with Crippen molar-refractivity contribution in [2.24, 2.45) is 0 Å². The topological polar surface area (TPSA) is 65.0 Å². The minimum atomic E-state index is -2.71. The van der Waals surface area contributed by atoms with E-state index in [0.717, 1.165) is 25.7 Å². The van der Waals surface area contributed by atoms with Crippen LogP contribution in [0.1, 0.15) is 53.4 Å². The largest absolute Gasteiger partial charge is 0.478 e. The van der Waals surface area contributed by atoms with Crippen LogP contribution in [0.15, 0.2) is 11.4 Å². The van der Waals surface area contributed by atoms with E-state index in [1.165, 1.54) is 12.7 Å². The molecule has 5 nitrogen and oxygen atoms in total. The fourth-order valence-corrected chi connectivity index (χ4v) is 3.53. The molecule has 0 aromatic rings. The Labute approximate surface area is 122 Å². The summed E-state index contributed by atoms with van der Waals surface area (Å²) in [5.41, 5.74) is 0.194. The molecule has 0 amide bonds. The van der Waals surface area contributed by atoms with E-state index in [9.17, 15) is 4.79 Å². The van der Waals surface area contributed by atoms with E-state index in [-0.39, 0.29) is 5.57 Å². The molecular weight excluding hydrogens is 279 g/mol. The first-order chi connectivity index (χ1) is 9.51. The highest BCUT2D eigenvalue weighted by molar-refractivity contribution is 7.64. The lowest BCUT2D eigenvalue weighted by Crippen LogP contribution is -2.09. The molecular formula is C14H28O5P+. The molecule has 6 heteroatoms. The predicted octanol–water partition coefficient (Wildman–Crippen LogP) is 4.41. The fourth-order valence-electron chi connectivity index (χ4n) is 1.37. The molecule has 0 rings (SSSR count).